The summed E-state index contributed by atoms with van der Waals surface area (Å²) in [5.41, 5.74) is 4.60. The number of methoxy groups -OCH3 is 1. The van der Waals surface area contributed by atoms with Crippen molar-refractivity contribution in [1.29, 1.82) is 0 Å². The molecular weight excluding hydrogens is 397 g/mol. The highest BCUT2D eigenvalue weighted by Gasteiger charge is 2.25. The van der Waals surface area contributed by atoms with Gasteiger partial charge < -0.3 is 10.5 Å². The number of hydrogen-bond donors (Lipinski definition) is 2. The van der Waals surface area contributed by atoms with Crippen molar-refractivity contribution in [3.63, 3.8) is 0 Å². The molecular formula is C16H19Cl2N5O4. The Morgan fingerprint density at radius 1 is 1.41 bits per heavy atom. The van der Waals surface area contributed by atoms with Crippen LogP contribution in [0.3, 0.4) is 0 Å². The zero-order chi connectivity index (χ0) is 20.1. The normalized spacial score (nSPS) is 10.8. The van der Waals surface area contributed by atoms with Crippen molar-refractivity contribution in [3.8, 4) is 0 Å². The number of hydrogen-bond acceptors (Lipinski definition) is 6. The summed E-state index contributed by atoms with van der Waals surface area (Å²) < 4.78 is 6.23. The second kappa shape index (κ2) is 9.03. The highest BCUT2D eigenvalue weighted by molar-refractivity contribution is 6.41. The lowest BCUT2D eigenvalue weighted by Crippen LogP contribution is -2.42. The summed E-state index contributed by atoms with van der Waals surface area (Å²) in [5, 5.41) is 0.137. The van der Waals surface area contributed by atoms with Gasteiger partial charge in [-0.15, -0.1) is 0 Å². The maximum atomic E-state index is 13.0. The summed E-state index contributed by atoms with van der Waals surface area (Å²) in [4.78, 5) is 44.6. The van der Waals surface area contributed by atoms with Crippen LogP contribution in [0.2, 0.25) is 10.2 Å². The van der Waals surface area contributed by atoms with Crippen LogP contribution in [0.5, 0.6) is 0 Å². The topological polar surface area (TPSA) is 123 Å². The molecule has 11 heteroatoms. The van der Waals surface area contributed by atoms with Crippen molar-refractivity contribution in [1.82, 2.24) is 14.5 Å². The summed E-state index contributed by atoms with van der Waals surface area (Å²) >= 11 is 11.7. The number of pyridine rings is 1. The van der Waals surface area contributed by atoms with Crippen molar-refractivity contribution in [2.24, 2.45) is 0 Å². The van der Waals surface area contributed by atoms with Gasteiger partial charge in [-0.05, 0) is 12.5 Å². The highest BCUT2D eigenvalue weighted by Crippen LogP contribution is 2.23. The predicted molar refractivity (Wildman–Crippen MR) is 104 cm³/mol. The van der Waals surface area contributed by atoms with Crippen LogP contribution >= 0.6 is 23.2 Å². The summed E-state index contributed by atoms with van der Waals surface area (Å²) in [5.74, 6) is -0.694. The monoisotopic (exact) mass is 415 g/mol. The van der Waals surface area contributed by atoms with Gasteiger partial charge in [0.1, 0.15) is 11.0 Å². The van der Waals surface area contributed by atoms with Crippen LogP contribution in [0.15, 0.2) is 21.9 Å². The smallest absolute Gasteiger partial charge is 0.330 e. The van der Waals surface area contributed by atoms with Gasteiger partial charge in [0.25, 0.3) is 11.5 Å². The molecule has 2 rings (SSSR count). The van der Waals surface area contributed by atoms with Crippen LogP contribution in [-0.4, -0.2) is 40.7 Å². The minimum Gasteiger partial charge on any atom is -0.383 e. The lowest BCUT2D eigenvalue weighted by Gasteiger charge is -2.24. The first-order valence-corrected chi connectivity index (χ1v) is 8.81. The number of aromatic nitrogens is 3. The minimum absolute atomic E-state index is 0.0210. The van der Waals surface area contributed by atoms with E-state index in [1.807, 2.05) is 6.92 Å². The molecule has 146 valence electrons. The van der Waals surface area contributed by atoms with Crippen LogP contribution in [-0.2, 0) is 11.3 Å². The number of nitrogens with two attached hydrogens (primary N) is 1. The summed E-state index contributed by atoms with van der Waals surface area (Å²) in [6.07, 6.45) is 1.85. The second-order valence-corrected chi connectivity index (χ2v) is 6.36. The van der Waals surface area contributed by atoms with E-state index in [9.17, 15) is 14.4 Å². The third-order valence-electron chi connectivity index (χ3n) is 3.74. The highest BCUT2D eigenvalue weighted by atomic mass is 35.5. The van der Waals surface area contributed by atoms with E-state index in [4.69, 9.17) is 33.7 Å². The molecule has 0 saturated carbocycles. The molecule has 9 nitrogen and oxygen atoms in total. The lowest BCUT2D eigenvalue weighted by atomic mass is 10.2. The molecule has 3 N–H and O–H groups in total. The number of aromatic amines is 1. The molecule has 0 aromatic carbocycles. The number of carbonyl (C=O) groups is 1. The van der Waals surface area contributed by atoms with Crippen LogP contribution in [0.25, 0.3) is 0 Å². The van der Waals surface area contributed by atoms with E-state index >= 15 is 0 Å². The molecule has 2 heterocycles. The fraction of sp³-hybridized carbons (Fsp3) is 0.375. The molecule has 2 aromatic rings. The number of ether oxygens (including phenoxy) is 1. The summed E-state index contributed by atoms with van der Waals surface area (Å²) in [6.45, 7) is 2.29. The average molecular weight is 416 g/mol. The Kier molecular flexibility index (Phi) is 7.00. The Morgan fingerprint density at radius 2 is 2.11 bits per heavy atom. The van der Waals surface area contributed by atoms with Crippen molar-refractivity contribution < 1.29 is 9.53 Å². The predicted octanol–water partition coefficient (Wildman–Crippen LogP) is 1.52. The van der Waals surface area contributed by atoms with Crippen LogP contribution in [0.1, 0.15) is 23.7 Å². The van der Waals surface area contributed by atoms with Crippen molar-refractivity contribution in [2.45, 2.75) is 19.9 Å². The standard InChI is InChI=1S/C16H19Cl2N5O4/c1-3-4-23-13(19)11(14(24)21-16(23)26)22(5-6-27-2)15(25)9-7-10(17)12(18)20-8-9/h7-8H,3-6,19H2,1-2H3,(H,21,24,26). The molecule has 0 unspecified atom stereocenters. The van der Waals surface area contributed by atoms with Gasteiger partial charge >= 0.3 is 5.69 Å². The zero-order valence-corrected chi connectivity index (χ0v) is 16.3. The number of nitrogens with zero attached hydrogens (tertiary/aromatic N) is 3. The molecule has 0 saturated heterocycles. The first-order valence-electron chi connectivity index (χ1n) is 8.06. The van der Waals surface area contributed by atoms with E-state index in [2.05, 4.69) is 9.97 Å². The van der Waals surface area contributed by atoms with E-state index in [0.717, 1.165) is 4.90 Å². The number of nitrogen functional groups attached to an aromatic ring is 1. The molecule has 0 bridgehead atoms. The fourth-order valence-electron chi connectivity index (χ4n) is 2.48. The van der Waals surface area contributed by atoms with Crippen molar-refractivity contribution in [2.75, 3.05) is 30.9 Å². The second-order valence-electron chi connectivity index (χ2n) is 5.59. The zero-order valence-electron chi connectivity index (χ0n) is 14.8. The number of anilines is 2. The fourth-order valence-corrected chi connectivity index (χ4v) is 2.74. The van der Waals surface area contributed by atoms with Gasteiger partial charge in [-0.3, -0.25) is 24.0 Å². The molecule has 27 heavy (non-hydrogen) atoms. The molecule has 0 fully saturated rings. The van der Waals surface area contributed by atoms with E-state index < -0.39 is 17.2 Å². The molecule has 2 aromatic heterocycles. The van der Waals surface area contributed by atoms with Gasteiger partial charge in [-0.2, -0.15) is 0 Å². The van der Waals surface area contributed by atoms with Crippen LogP contribution < -0.4 is 21.9 Å². The lowest BCUT2D eigenvalue weighted by molar-refractivity contribution is 0.0975. The van der Waals surface area contributed by atoms with E-state index in [1.54, 1.807) is 0 Å². The van der Waals surface area contributed by atoms with E-state index in [0.29, 0.717) is 6.42 Å². The molecule has 0 aliphatic carbocycles. The maximum absolute atomic E-state index is 13.0. The Balaban J connectivity index is 2.61. The quantitative estimate of drug-likeness (QED) is 0.660. The third-order valence-corrected chi connectivity index (χ3v) is 4.42. The minimum atomic E-state index is -0.776. The maximum Gasteiger partial charge on any atom is 0.330 e. The number of H-pyrrole nitrogens is 1. The third kappa shape index (κ3) is 4.49. The van der Waals surface area contributed by atoms with Gasteiger partial charge in [0, 0.05) is 26.4 Å². The molecule has 0 aliphatic rings. The number of nitrogens with one attached hydrogen (secondary N) is 1. The number of carbonyl (C=O) groups excluding carboxylic acids is 1. The van der Waals surface area contributed by atoms with Gasteiger partial charge in [0.05, 0.1) is 17.2 Å². The van der Waals surface area contributed by atoms with E-state index in [1.165, 1.54) is 23.9 Å². The first-order chi connectivity index (χ1) is 12.8. The van der Waals surface area contributed by atoms with Gasteiger partial charge in [-0.1, -0.05) is 30.1 Å². The van der Waals surface area contributed by atoms with Gasteiger partial charge in [0.15, 0.2) is 5.69 Å². The van der Waals surface area contributed by atoms with Crippen LogP contribution in [0.4, 0.5) is 11.5 Å². The molecule has 0 atom stereocenters. The first kappa shape index (κ1) is 20.9. The van der Waals surface area contributed by atoms with Crippen molar-refractivity contribution >= 4 is 40.6 Å². The SMILES string of the molecule is CCCn1c(N)c(N(CCOC)C(=O)c2cnc(Cl)c(Cl)c2)c(=O)[nH]c1=O. The van der Waals surface area contributed by atoms with Gasteiger partial charge in [-0.25, -0.2) is 9.78 Å². The largest absolute Gasteiger partial charge is 0.383 e. The number of rotatable bonds is 7. The van der Waals surface area contributed by atoms with Crippen molar-refractivity contribution in [3.05, 3.63) is 48.8 Å². The molecule has 1 amide bonds. The Labute approximate surface area is 164 Å². The average Bonchev–Trinajstić information content (AvgIpc) is 2.63. The number of halogens is 2. The molecule has 0 spiro atoms. The molecule has 0 radical (unpaired) electrons. The van der Waals surface area contributed by atoms with E-state index in [-0.39, 0.29) is 46.9 Å². The Hall–Kier alpha value is -2.36. The summed E-state index contributed by atoms with van der Waals surface area (Å²) in [6, 6.07) is 1.34. The Morgan fingerprint density at radius 3 is 2.70 bits per heavy atom. The van der Waals surface area contributed by atoms with Crippen LogP contribution in [0, 0.1) is 0 Å². The number of amides is 1. The molecule has 0 aliphatic heterocycles. The Bertz CT molecular complexity index is 957. The summed E-state index contributed by atoms with van der Waals surface area (Å²) in [7, 11) is 1.45. The van der Waals surface area contributed by atoms with Gasteiger partial charge in [0.2, 0.25) is 0 Å².